The number of hydrogen-bond acceptors (Lipinski definition) is 4. The molecule has 0 aliphatic rings. The Morgan fingerprint density at radius 1 is 1.00 bits per heavy atom. The molecule has 1 N–H and O–H groups in total. The third-order valence-corrected chi connectivity index (χ3v) is 4.45. The molecule has 0 fully saturated rings. The zero-order valence-electron chi connectivity index (χ0n) is 15.3. The number of methoxy groups -OCH3 is 2. The molecule has 0 unspecified atom stereocenters. The Kier molecular flexibility index (Phi) is 6.33. The lowest BCUT2D eigenvalue weighted by Crippen LogP contribution is -2.33. The molecule has 1 aromatic heterocycles. The fourth-order valence-corrected chi connectivity index (χ4v) is 2.98. The second-order valence-corrected chi connectivity index (χ2v) is 6.30. The first-order valence-corrected chi connectivity index (χ1v) is 8.94. The number of furan rings is 1. The Morgan fingerprint density at radius 2 is 1.85 bits per heavy atom. The van der Waals surface area contributed by atoms with Crippen LogP contribution in [0.15, 0.2) is 71.3 Å². The van der Waals surface area contributed by atoms with E-state index in [0.717, 1.165) is 28.5 Å². The number of rotatable bonds is 7. The monoisotopic (exact) mass is 382 g/mol. The van der Waals surface area contributed by atoms with Gasteiger partial charge in [-0.15, -0.1) is 0 Å². The third kappa shape index (κ3) is 5.01. The van der Waals surface area contributed by atoms with E-state index in [0.29, 0.717) is 18.2 Å². The Morgan fingerprint density at radius 3 is 2.59 bits per heavy atom. The van der Waals surface area contributed by atoms with Crippen LogP contribution < -0.4 is 14.8 Å². The molecule has 2 aromatic carbocycles. The molecule has 3 aromatic rings. The minimum atomic E-state index is 0.543. The average molecular weight is 382 g/mol. The molecule has 0 aliphatic heterocycles. The molecular formula is C21H22N2O3S. The summed E-state index contributed by atoms with van der Waals surface area (Å²) in [7, 11) is 3.31. The van der Waals surface area contributed by atoms with Crippen LogP contribution in [0.3, 0.4) is 0 Å². The summed E-state index contributed by atoms with van der Waals surface area (Å²) < 4.78 is 16.3. The first-order chi connectivity index (χ1) is 13.2. The number of thiocarbonyl (C=S) groups is 1. The minimum Gasteiger partial charge on any atom is -0.497 e. The van der Waals surface area contributed by atoms with Crippen molar-refractivity contribution in [2.24, 2.45) is 0 Å². The predicted molar refractivity (Wildman–Crippen MR) is 110 cm³/mol. The lowest BCUT2D eigenvalue weighted by Gasteiger charge is -2.26. The number of nitrogens with zero attached hydrogens (tertiary/aromatic N) is 1. The lowest BCUT2D eigenvalue weighted by atomic mass is 10.2. The molecule has 0 saturated heterocycles. The van der Waals surface area contributed by atoms with Crippen LogP contribution in [0, 0.1) is 0 Å². The molecule has 0 atom stereocenters. The fourth-order valence-electron chi connectivity index (χ4n) is 2.73. The summed E-state index contributed by atoms with van der Waals surface area (Å²) in [6.07, 6.45) is 1.66. The molecule has 0 spiro atoms. The van der Waals surface area contributed by atoms with E-state index in [1.54, 1.807) is 20.5 Å². The van der Waals surface area contributed by atoms with Gasteiger partial charge >= 0.3 is 0 Å². The van der Waals surface area contributed by atoms with Gasteiger partial charge in [-0.1, -0.05) is 24.3 Å². The summed E-state index contributed by atoms with van der Waals surface area (Å²) in [5.74, 6) is 2.43. The van der Waals surface area contributed by atoms with Crippen molar-refractivity contribution in [3.05, 3.63) is 78.3 Å². The summed E-state index contributed by atoms with van der Waals surface area (Å²) in [4.78, 5) is 2.03. The van der Waals surface area contributed by atoms with Crippen molar-refractivity contribution in [2.45, 2.75) is 13.1 Å². The van der Waals surface area contributed by atoms with Gasteiger partial charge in [-0.25, -0.2) is 0 Å². The molecular weight excluding hydrogens is 360 g/mol. The number of benzene rings is 2. The van der Waals surface area contributed by atoms with E-state index in [2.05, 4.69) is 5.32 Å². The van der Waals surface area contributed by atoms with Gasteiger partial charge in [0.2, 0.25) is 0 Å². The summed E-state index contributed by atoms with van der Waals surface area (Å²) in [6, 6.07) is 19.4. The Labute approximate surface area is 164 Å². The maximum Gasteiger partial charge on any atom is 0.174 e. The molecule has 6 heteroatoms. The van der Waals surface area contributed by atoms with Crippen molar-refractivity contribution < 1.29 is 13.9 Å². The molecule has 0 amide bonds. The van der Waals surface area contributed by atoms with Gasteiger partial charge in [-0.3, -0.25) is 0 Å². The SMILES string of the molecule is COc1cccc(NC(=S)N(Cc2ccco2)Cc2ccccc2OC)c1. The van der Waals surface area contributed by atoms with Crippen molar-refractivity contribution in [3.63, 3.8) is 0 Å². The molecule has 0 aliphatic carbocycles. The van der Waals surface area contributed by atoms with Gasteiger partial charge < -0.3 is 24.1 Å². The largest absolute Gasteiger partial charge is 0.497 e. The second kappa shape index (κ2) is 9.09. The van der Waals surface area contributed by atoms with Gasteiger partial charge in [0.1, 0.15) is 17.3 Å². The Bertz CT molecular complexity index is 881. The molecule has 0 radical (unpaired) electrons. The van der Waals surface area contributed by atoms with Crippen LogP contribution in [0.2, 0.25) is 0 Å². The zero-order valence-corrected chi connectivity index (χ0v) is 16.2. The molecule has 3 rings (SSSR count). The highest BCUT2D eigenvalue weighted by atomic mass is 32.1. The van der Waals surface area contributed by atoms with E-state index < -0.39 is 0 Å². The third-order valence-electron chi connectivity index (χ3n) is 4.09. The summed E-state index contributed by atoms with van der Waals surface area (Å²) in [5.41, 5.74) is 1.91. The van der Waals surface area contributed by atoms with Crippen LogP contribution in [-0.4, -0.2) is 24.2 Å². The van der Waals surface area contributed by atoms with E-state index >= 15 is 0 Å². The van der Waals surface area contributed by atoms with E-state index in [-0.39, 0.29) is 0 Å². The number of anilines is 1. The van der Waals surface area contributed by atoms with Gasteiger partial charge in [0.05, 0.1) is 27.0 Å². The average Bonchev–Trinajstić information content (AvgIpc) is 3.21. The maximum atomic E-state index is 5.68. The van der Waals surface area contributed by atoms with Crippen LogP contribution in [-0.2, 0) is 13.1 Å². The second-order valence-electron chi connectivity index (χ2n) is 5.91. The first-order valence-electron chi connectivity index (χ1n) is 8.54. The first kappa shape index (κ1) is 18.8. The molecule has 1 heterocycles. The molecule has 0 bridgehead atoms. The van der Waals surface area contributed by atoms with Crippen molar-refractivity contribution in [2.75, 3.05) is 19.5 Å². The van der Waals surface area contributed by atoms with Crippen molar-refractivity contribution in [3.8, 4) is 11.5 Å². The predicted octanol–water partition coefficient (Wildman–Crippen LogP) is 4.70. The quantitative estimate of drug-likeness (QED) is 0.598. The standard InChI is InChI=1S/C21H22N2O3S/c1-24-18-9-5-8-17(13-18)22-21(27)23(15-19-10-6-12-26-19)14-16-7-3-4-11-20(16)25-2/h3-13H,14-15H2,1-2H3,(H,22,27). The minimum absolute atomic E-state index is 0.543. The van der Waals surface area contributed by atoms with Gasteiger partial charge in [0.15, 0.2) is 5.11 Å². The van der Waals surface area contributed by atoms with Crippen LogP contribution in [0.1, 0.15) is 11.3 Å². The van der Waals surface area contributed by atoms with E-state index in [4.69, 9.17) is 26.1 Å². The van der Waals surface area contributed by atoms with Crippen molar-refractivity contribution in [1.82, 2.24) is 4.90 Å². The summed E-state index contributed by atoms with van der Waals surface area (Å²) >= 11 is 5.68. The number of para-hydroxylation sites is 1. The van der Waals surface area contributed by atoms with Crippen LogP contribution in [0.5, 0.6) is 11.5 Å². The zero-order chi connectivity index (χ0) is 19.1. The highest BCUT2D eigenvalue weighted by molar-refractivity contribution is 7.80. The Balaban J connectivity index is 1.81. The summed E-state index contributed by atoms with van der Waals surface area (Å²) in [6.45, 7) is 1.13. The molecule has 140 valence electrons. The number of ether oxygens (including phenoxy) is 2. The fraction of sp³-hybridized carbons (Fsp3) is 0.190. The lowest BCUT2D eigenvalue weighted by molar-refractivity contribution is 0.348. The Hall–Kier alpha value is -2.99. The maximum absolute atomic E-state index is 5.68. The van der Waals surface area contributed by atoms with Crippen LogP contribution >= 0.6 is 12.2 Å². The van der Waals surface area contributed by atoms with E-state index in [9.17, 15) is 0 Å². The normalized spacial score (nSPS) is 10.3. The van der Waals surface area contributed by atoms with Crippen LogP contribution in [0.25, 0.3) is 0 Å². The topological polar surface area (TPSA) is 46.9 Å². The van der Waals surface area contributed by atoms with Gasteiger partial charge in [0.25, 0.3) is 0 Å². The molecule has 0 saturated carbocycles. The smallest absolute Gasteiger partial charge is 0.174 e. The van der Waals surface area contributed by atoms with Gasteiger partial charge in [-0.05, 0) is 42.5 Å². The van der Waals surface area contributed by atoms with Crippen molar-refractivity contribution >= 4 is 23.0 Å². The molecule has 27 heavy (non-hydrogen) atoms. The van der Waals surface area contributed by atoms with E-state index in [1.807, 2.05) is 65.6 Å². The van der Waals surface area contributed by atoms with Gasteiger partial charge in [-0.2, -0.15) is 0 Å². The number of nitrogens with one attached hydrogen (secondary N) is 1. The van der Waals surface area contributed by atoms with Crippen LogP contribution in [0.4, 0.5) is 5.69 Å². The molecule has 5 nitrogen and oxygen atoms in total. The summed E-state index contributed by atoms with van der Waals surface area (Å²) in [5, 5.41) is 3.87. The van der Waals surface area contributed by atoms with E-state index in [1.165, 1.54) is 0 Å². The number of hydrogen-bond donors (Lipinski definition) is 1. The highest BCUT2D eigenvalue weighted by Gasteiger charge is 2.15. The van der Waals surface area contributed by atoms with Gasteiger partial charge in [0, 0.05) is 23.9 Å². The van der Waals surface area contributed by atoms with Crippen molar-refractivity contribution in [1.29, 1.82) is 0 Å². The highest BCUT2D eigenvalue weighted by Crippen LogP contribution is 2.22.